The van der Waals surface area contributed by atoms with Crippen LogP contribution in [0.15, 0.2) is 42.5 Å². The highest BCUT2D eigenvalue weighted by Gasteiger charge is 2.49. The van der Waals surface area contributed by atoms with Crippen molar-refractivity contribution in [3.05, 3.63) is 54.1 Å². The van der Waals surface area contributed by atoms with E-state index < -0.39 is 11.6 Å². The molecule has 6 bridgehead atoms. The summed E-state index contributed by atoms with van der Waals surface area (Å²) in [6.45, 7) is 8.15. The lowest BCUT2D eigenvalue weighted by atomic mass is 9.93. The number of hydrogen-bond donors (Lipinski definition) is 2. The smallest absolute Gasteiger partial charge is 0.319 e. The zero-order valence-corrected chi connectivity index (χ0v) is 26.7. The Labute approximate surface area is 272 Å². The summed E-state index contributed by atoms with van der Waals surface area (Å²) in [5, 5.41) is 15.5. The van der Waals surface area contributed by atoms with Gasteiger partial charge in [-0.25, -0.2) is 8.78 Å². The van der Waals surface area contributed by atoms with Crippen molar-refractivity contribution in [3.63, 3.8) is 0 Å². The van der Waals surface area contributed by atoms with Gasteiger partial charge in [0.15, 0.2) is 5.82 Å². The Hall–Kier alpha value is -3.64. The van der Waals surface area contributed by atoms with Gasteiger partial charge in [-0.2, -0.15) is 9.97 Å². The van der Waals surface area contributed by atoms with Crippen LogP contribution in [0.1, 0.15) is 39.0 Å². The first-order valence-corrected chi connectivity index (χ1v) is 16.9. The molecule has 3 aromatic carbocycles. The zero-order chi connectivity index (χ0) is 32.2. The minimum atomic E-state index is -0.618. The second-order valence-electron chi connectivity index (χ2n) is 13.6. The van der Waals surface area contributed by atoms with Crippen LogP contribution in [0, 0.1) is 11.6 Å². The molecule has 0 unspecified atom stereocenters. The van der Waals surface area contributed by atoms with Crippen molar-refractivity contribution in [2.75, 3.05) is 64.1 Å². The first-order chi connectivity index (χ1) is 22.9. The summed E-state index contributed by atoms with van der Waals surface area (Å²) in [4.78, 5) is 14.3. The molecule has 11 heteroatoms. The third kappa shape index (κ3) is 5.47. The van der Waals surface area contributed by atoms with E-state index in [4.69, 9.17) is 24.2 Å². The van der Waals surface area contributed by atoms with E-state index in [0.717, 1.165) is 45.2 Å². The quantitative estimate of drug-likeness (QED) is 0.297. The summed E-state index contributed by atoms with van der Waals surface area (Å²) in [5.41, 5.74) is -0.000664. The highest BCUT2D eigenvalue weighted by molar-refractivity contribution is 6.01. The number of rotatable bonds is 2. The Bertz CT molecular complexity index is 1830. The monoisotopic (exact) mass is 645 g/mol. The standard InChI is InChI=1S/C36H41F2N5O4/c1-2-35-20-42(13-11-39-35)33-27-9-8-26(28-17-24(44)16-23-6-3-7-29(37)30(23)28)31(38)32(27)40-34(41-33)47-22-36-10-4-12-43(36)19-25(18-36)46-15-5-14-45-21-35/h3,6-9,16-17,25,39,44H,2,4-5,10-15,18-22H2,1H3/t25-,35-,36-/m1/s1. The van der Waals surface area contributed by atoms with Crippen molar-refractivity contribution < 1.29 is 28.1 Å². The molecule has 4 aromatic rings. The maximum atomic E-state index is 16.9. The Morgan fingerprint density at radius 1 is 1.04 bits per heavy atom. The molecule has 248 valence electrons. The van der Waals surface area contributed by atoms with Crippen LogP contribution in [-0.4, -0.2) is 96.3 Å². The average molecular weight is 646 g/mol. The number of nitrogens with zero attached hydrogens (tertiary/aromatic N) is 4. The van der Waals surface area contributed by atoms with Crippen molar-refractivity contribution >= 4 is 27.5 Å². The van der Waals surface area contributed by atoms with Crippen molar-refractivity contribution in [1.82, 2.24) is 20.2 Å². The third-order valence-electron chi connectivity index (χ3n) is 10.7. The van der Waals surface area contributed by atoms with Gasteiger partial charge in [0.25, 0.3) is 0 Å². The van der Waals surface area contributed by atoms with Crippen molar-refractivity contribution in [1.29, 1.82) is 0 Å². The van der Waals surface area contributed by atoms with Crippen LogP contribution < -0.4 is 15.0 Å². The lowest BCUT2D eigenvalue weighted by Gasteiger charge is -2.44. The molecule has 1 aromatic heterocycles. The Balaban J connectivity index is 1.27. The second kappa shape index (κ2) is 12.1. The summed E-state index contributed by atoms with van der Waals surface area (Å²) < 4.78 is 51.1. The van der Waals surface area contributed by atoms with Crippen LogP contribution in [0.4, 0.5) is 14.6 Å². The van der Waals surface area contributed by atoms with Gasteiger partial charge >= 0.3 is 6.01 Å². The number of hydrogen-bond acceptors (Lipinski definition) is 9. The lowest BCUT2D eigenvalue weighted by molar-refractivity contribution is 0.0211. The van der Waals surface area contributed by atoms with E-state index >= 15 is 8.78 Å². The average Bonchev–Trinajstić information content (AvgIpc) is 3.62. The van der Waals surface area contributed by atoms with E-state index in [1.165, 1.54) is 18.2 Å². The number of aromatic nitrogens is 2. The molecular weight excluding hydrogens is 604 g/mol. The number of nitrogens with one attached hydrogen (secondary N) is 1. The number of phenols is 1. The van der Waals surface area contributed by atoms with Gasteiger partial charge in [-0.3, -0.25) is 4.90 Å². The number of aromatic hydroxyl groups is 1. The molecule has 1 spiro atoms. The topological polar surface area (TPSA) is 92.2 Å². The van der Waals surface area contributed by atoms with Gasteiger partial charge in [0.1, 0.15) is 29.5 Å². The fourth-order valence-corrected chi connectivity index (χ4v) is 8.25. The Kier molecular flexibility index (Phi) is 7.90. The Morgan fingerprint density at radius 3 is 2.85 bits per heavy atom. The normalized spacial score (nSPS) is 27.1. The van der Waals surface area contributed by atoms with E-state index in [2.05, 4.69) is 22.0 Å². The minimum absolute atomic E-state index is 0.0767. The zero-order valence-electron chi connectivity index (χ0n) is 26.7. The molecule has 4 aliphatic heterocycles. The predicted molar refractivity (Wildman–Crippen MR) is 176 cm³/mol. The van der Waals surface area contributed by atoms with Gasteiger partial charge in [-0.15, -0.1) is 0 Å². The molecule has 0 amide bonds. The maximum absolute atomic E-state index is 16.9. The van der Waals surface area contributed by atoms with Gasteiger partial charge in [0.2, 0.25) is 0 Å². The summed E-state index contributed by atoms with van der Waals surface area (Å²) in [7, 11) is 0. The van der Waals surface area contributed by atoms with E-state index in [-0.39, 0.29) is 51.0 Å². The van der Waals surface area contributed by atoms with Crippen LogP contribution in [0.5, 0.6) is 11.8 Å². The lowest BCUT2D eigenvalue weighted by Crippen LogP contribution is -2.62. The molecule has 3 saturated heterocycles. The number of benzene rings is 3. The van der Waals surface area contributed by atoms with Gasteiger partial charge < -0.3 is 29.5 Å². The fraction of sp³-hybridized carbons (Fsp3) is 0.500. The predicted octanol–water partition coefficient (Wildman–Crippen LogP) is 5.41. The number of ether oxygens (including phenoxy) is 3. The summed E-state index contributed by atoms with van der Waals surface area (Å²) in [6.07, 6.45) is 4.72. The van der Waals surface area contributed by atoms with Crippen LogP contribution in [0.2, 0.25) is 0 Å². The van der Waals surface area contributed by atoms with Crippen LogP contribution >= 0.6 is 0 Å². The van der Waals surface area contributed by atoms with Crippen LogP contribution in [0.25, 0.3) is 32.8 Å². The molecule has 3 atom stereocenters. The highest BCUT2D eigenvalue weighted by Crippen LogP contribution is 2.42. The summed E-state index contributed by atoms with van der Waals surface area (Å²) >= 11 is 0. The molecule has 47 heavy (non-hydrogen) atoms. The number of anilines is 1. The van der Waals surface area contributed by atoms with E-state index in [1.807, 2.05) is 0 Å². The molecule has 0 radical (unpaired) electrons. The molecule has 0 aliphatic carbocycles. The van der Waals surface area contributed by atoms with E-state index in [9.17, 15) is 5.11 Å². The number of phenolic OH excluding ortho intramolecular Hbond substituents is 1. The molecular formula is C36H41F2N5O4. The number of piperazine rings is 1. The van der Waals surface area contributed by atoms with Crippen LogP contribution in [0.3, 0.4) is 0 Å². The van der Waals surface area contributed by atoms with Gasteiger partial charge in [0, 0.05) is 55.7 Å². The Morgan fingerprint density at radius 2 is 1.96 bits per heavy atom. The minimum Gasteiger partial charge on any atom is -0.508 e. The van der Waals surface area contributed by atoms with E-state index in [1.54, 1.807) is 24.3 Å². The molecule has 9 nitrogen and oxygen atoms in total. The second-order valence-corrected chi connectivity index (χ2v) is 13.6. The van der Waals surface area contributed by atoms with Crippen LogP contribution in [-0.2, 0) is 9.47 Å². The molecule has 0 saturated carbocycles. The highest BCUT2D eigenvalue weighted by atomic mass is 19.1. The molecule has 4 aliphatic rings. The third-order valence-corrected chi connectivity index (χ3v) is 10.7. The molecule has 2 N–H and O–H groups in total. The van der Waals surface area contributed by atoms with E-state index in [0.29, 0.717) is 62.7 Å². The SMILES string of the molecule is CC[C@@]12COCCCO[C@H]3CN4CCC[C@]4(COc4nc(c5ccc(-c6cc(O)cc7cccc(F)c67)c(F)c5n4)N(CCN1)C2)C3. The van der Waals surface area contributed by atoms with Gasteiger partial charge in [-0.05, 0) is 73.9 Å². The van der Waals surface area contributed by atoms with Gasteiger partial charge in [0.05, 0.1) is 23.8 Å². The van der Waals surface area contributed by atoms with Crippen molar-refractivity contribution in [2.45, 2.75) is 56.2 Å². The summed E-state index contributed by atoms with van der Waals surface area (Å²) in [6, 6.07) is 11.0. The first kappa shape index (κ1) is 30.7. The largest absolute Gasteiger partial charge is 0.508 e. The van der Waals surface area contributed by atoms with Gasteiger partial charge in [-0.1, -0.05) is 25.1 Å². The first-order valence-electron chi connectivity index (χ1n) is 16.9. The number of fused-ring (bicyclic) bond motifs is 9. The summed E-state index contributed by atoms with van der Waals surface area (Å²) in [5.74, 6) is -0.592. The maximum Gasteiger partial charge on any atom is 0.319 e. The molecule has 3 fully saturated rings. The van der Waals surface area contributed by atoms with Crippen molar-refractivity contribution in [3.8, 4) is 22.9 Å². The number of halogens is 2. The fourth-order valence-electron chi connectivity index (χ4n) is 8.25. The molecule has 8 rings (SSSR count). The van der Waals surface area contributed by atoms with Crippen molar-refractivity contribution in [2.24, 2.45) is 0 Å². The molecule has 5 heterocycles.